The molecule has 0 unspecified atom stereocenters. The van der Waals surface area contributed by atoms with Crippen LogP contribution in [-0.2, 0) is 0 Å². The molecule has 0 aromatic heterocycles. The van der Waals surface area contributed by atoms with E-state index in [4.69, 9.17) is 4.74 Å². The summed E-state index contributed by atoms with van der Waals surface area (Å²) in [6, 6.07) is 6.19. The van der Waals surface area contributed by atoms with Gasteiger partial charge in [-0.1, -0.05) is 12.1 Å². The normalized spacial score (nSPS) is 10.3. The molecule has 0 N–H and O–H groups in total. The maximum atomic E-state index is 11.8. The van der Waals surface area contributed by atoms with Crippen molar-refractivity contribution in [1.29, 1.82) is 0 Å². The number of ketones is 1. The van der Waals surface area contributed by atoms with Crippen LogP contribution >= 0.6 is 0 Å². The molecule has 0 aliphatic carbocycles. The molecule has 0 aliphatic heterocycles. The fraction of sp³-hybridized carbons (Fsp3) is 0.300. The van der Waals surface area contributed by atoms with Crippen molar-refractivity contribution < 1.29 is 18.3 Å². The maximum Gasteiger partial charge on any atom is 0.272 e. The van der Waals surface area contributed by atoms with Gasteiger partial charge in [-0.3, -0.25) is 4.79 Å². The first-order valence-corrected chi connectivity index (χ1v) is 4.11. The average Bonchev–Trinajstić information content (AvgIpc) is 2.15. The summed E-state index contributed by atoms with van der Waals surface area (Å²) in [6.45, 7) is 0.758. The molecule has 4 heteroatoms. The van der Waals surface area contributed by atoms with Gasteiger partial charge in [-0.25, -0.2) is 8.78 Å². The number of Topliss-reactive ketones (excluding diaryl/α,β-unsaturated/α-hetero) is 1. The van der Waals surface area contributed by atoms with Gasteiger partial charge in [0.05, 0.1) is 0 Å². The molecule has 1 aromatic carbocycles. The Kier molecular flexibility index (Phi) is 3.56. The molecule has 2 nitrogen and oxygen atoms in total. The van der Waals surface area contributed by atoms with Crippen LogP contribution in [0.1, 0.15) is 17.3 Å². The first-order chi connectivity index (χ1) is 6.59. The minimum absolute atomic E-state index is 0.118. The van der Waals surface area contributed by atoms with E-state index in [1.807, 2.05) is 0 Å². The number of rotatable bonds is 4. The molecule has 14 heavy (non-hydrogen) atoms. The van der Waals surface area contributed by atoms with Crippen molar-refractivity contribution in [2.24, 2.45) is 0 Å². The lowest BCUT2D eigenvalue weighted by Crippen LogP contribution is -2.07. The summed E-state index contributed by atoms with van der Waals surface area (Å²) in [7, 11) is 0. The van der Waals surface area contributed by atoms with Crippen molar-refractivity contribution in [1.82, 2.24) is 0 Å². The monoisotopic (exact) mass is 200 g/mol. The highest BCUT2D eigenvalue weighted by Gasteiger charge is 2.05. The van der Waals surface area contributed by atoms with Crippen molar-refractivity contribution in [3.63, 3.8) is 0 Å². The predicted octanol–water partition coefficient (Wildman–Crippen LogP) is 2.53. The molecule has 0 amide bonds. The molecule has 0 atom stereocenters. The topological polar surface area (TPSA) is 26.3 Å². The van der Waals surface area contributed by atoms with Crippen molar-refractivity contribution in [3.05, 3.63) is 29.8 Å². The van der Waals surface area contributed by atoms with Gasteiger partial charge in [0.25, 0.3) is 6.43 Å². The molecular weight excluding hydrogens is 190 g/mol. The van der Waals surface area contributed by atoms with E-state index in [2.05, 4.69) is 0 Å². The van der Waals surface area contributed by atoms with E-state index in [-0.39, 0.29) is 11.5 Å². The minimum Gasteiger partial charge on any atom is -0.488 e. The highest BCUT2D eigenvalue weighted by molar-refractivity contribution is 5.94. The van der Waals surface area contributed by atoms with E-state index in [9.17, 15) is 13.6 Å². The van der Waals surface area contributed by atoms with E-state index in [1.54, 1.807) is 12.1 Å². The number of hydrogen-bond donors (Lipinski definition) is 0. The fourth-order valence-corrected chi connectivity index (χ4v) is 0.964. The van der Waals surface area contributed by atoms with Gasteiger partial charge in [0.2, 0.25) is 0 Å². The van der Waals surface area contributed by atoms with Gasteiger partial charge in [0.1, 0.15) is 12.4 Å². The summed E-state index contributed by atoms with van der Waals surface area (Å²) >= 11 is 0. The zero-order valence-corrected chi connectivity index (χ0v) is 7.67. The zero-order chi connectivity index (χ0) is 10.6. The number of alkyl halides is 2. The smallest absolute Gasteiger partial charge is 0.272 e. The molecule has 1 rings (SSSR count). The number of halogens is 2. The molecular formula is C10H10F2O2. The van der Waals surface area contributed by atoms with Crippen LogP contribution in [-0.4, -0.2) is 18.8 Å². The van der Waals surface area contributed by atoms with E-state index in [0.29, 0.717) is 5.56 Å². The summed E-state index contributed by atoms with van der Waals surface area (Å²) < 4.78 is 28.3. The van der Waals surface area contributed by atoms with Crippen LogP contribution in [0.5, 0.6) is 5.75 Å². The van der Waals surface area contributed by atoms with Crippen LogP contribution in [0.3, 0.4) is 0 Å². The SMILES string of the molecule is CC(=O)c1cccc(OCC(F)F)c1. The van der Waals surface area contributed by atoms with E-state index < -0.39 is 13.0 Å². The van der Waals surface area contributed by atoms with Gasteiger partial charge >= 0.3 is 0 Å². The minimum atomic E-state index is -2.50. The van der Waals surface area contributed by atoms with Gasteiger partial charge in [-0.15, -0.1) is 0 Å². The second-order valence-corrected chi connectivity index (χ2v) is 2.79. The first-order valence-electron chi connectivity index (χ1n) is 4.11. The summed E-state index contributed by atoms with van der Waals surface area (Å²) in [4.78, 5) is 10.9. The average molecular weight is 200 g/mol. The van der Waals surface area contributed by atoms with Gasteiger partial charge < -0.3 is 4.74 Å². The molecule has 0 fully saturated rings. The van der Waals surface area contributed by atoms with Gasteiger partial charge in [-0.05, 0) is 19.1 Å². The fourth-order valence-electron chi connectivity index (χ4n) is 0.964. The van der Waals surface area contributed by atoms with Crippen molar-refractivity contribution >= 4 is 5.78 Å². The van der Waals surface area contributed by atoms with Gasteiger partial charge in [0, 0.05) is 5.56 Å². The third-order valence-corrected chi connectivity index (χ3v) is 1.62. The van der Waals surface area contributed by atoms with Crippen LogP contribution in [0.4, 0.5) is 8.78 Å². The lowest BCUT2D eigenvalue weighted by atomic mass is 10.1. The molecule has 0 spiro atoms. The quantitative estimate of drug-likeness (QED) is 0.698. The summed E-state index contributed by atoms with van der Waals surface area (Å²) in [5, 5.41) is 0. The molecule has 0 saturated carbocycles. The Morgan fingerprint density at radius 1 is 1.50 bits per heavy atom. The number of ether oxygens (including phenoxy) is 1. The van der Waals surface area contributed by atoms with Crippen LogP contribution in [0.15, 0.2) is 24.3 Å². The van der Waals surface area contributed by atoms with Crippen LogP contribution < -0.4 is 4.74 Å². The molecule has 0 radical (unpaired) electrons. The number of carbonyl (C=O) groups is 1. The molecule has 1 aromatic rings. The lowest BCUT2D eigenvalue weighted by Gasteiger charge is -2.05. The Morgan fingerprint density at radius 3 is 2.79 bits per heavy atom. The standard InChI is InChI=1S/C10H10F2O2/c1-7(13)8-3-2-4-9(5-8)14-6-10(11)12/h2-5,10H,6H2,1H3. The Balaban J connectivity index is 2.69. The third-order valence-electron chi connectivity index (χ3n) is 1.62. The molecule has 0 aliphatic rings. The Morgan fingerprint density at radius 2 is 2.21 bits per heavy atom. The lowest BCUT2D eigenvalue weighted by molar-refractivity contribution is 0.0818. The summed E-state index contributed by atoms with van der Waals surface area (Å²) in [5.74, 6) is 0.172. The second-order valence-electron chi connectivity index (χ2n) is 2.79. The number of hydrogen-bond acceptors (Lipinski definition) is 2. The largest absolute Gasteiger partial charge is 0.488 e. The second kappa shape index (κ2) is 4.69. The highest BCUT2D eigenvalue weighted by Crippen LogP contribution is 2.14. The molecule has 0 heterocycles. The molecule has 0 bridgehead atoms. The zero-order valence-electron chi connectivity index (χ0n) is 7.67. The Labute approximate surface area is 80.5 Å². The van der Waals surface area contributed by atoms with Gasteiger partial charge in [-0.2, -0.15) is 0 Å². The molecule has 0 saturated heterocycles. The van der Waals surface area contributed by atoms with Crippen LogP contribution in [0.2, 0.25) is 0 Å². The van der Waals surface area contributed by atoms with Crippen LogP contribution in [0, 0.1) is 0 Å². The van der Waals surface area contributed by atoms with Gasteiger partial charge in [0.15, 0.2) is 5.78 Å². The van der Waals surface area contributed by atoms with E-state index >= 15 is 0 Å². The first kappa shape index (κ1) is 10.6. The van der Waals surface area contributed by atoms with E-state index in [1.165, 1.54) is 19.1 Å². The van der Waals surface area contributed by atoms with Crippen LogP contribution in [0.25, 0.3) is 0 Å². The summed E-state index contributed by atoms with van der Waals surface area (Å²) in [6.07, 6.45) is -2.50. The molecule has 76 valence electrons. The maximum absolute atomic E-state index is 11.8. The van der Waals surface area contributed by atoms with Crippen molar-refractivity contribution in [2.75, 3.05) is 6.61 Å². The Hall–Kier alpha value is -1.45. The third kappa shape index (κ3) is 3.12. The summed E-state index contributed by atoms with van der Waals surface area (Å²) in [5.41, 5.74) is 0.455. The van der Waals surface area contributed by atoms with Crippen molar-refractivity contribution in [3.8, 4) is 5.75 Å². The Bertz CT molecular complexity index is 324. The highest BCUT2D eigenvalue weighted by atomic mass is 19.3. The number of benzene rings is 1. The van der Waals surface area contributed by atoms with E-state index in [0.717, 1.165) is 0 Å². The predicted molar refractivity (Wildman–Crippen MR) is 47.9 cm³/mol. The van der Waals surface area contributed by atoms with Crippen molar-refractivity contribution in [2.45, 2.75) is 13.3 Å². The number of carbonyl (C=O) groups excluding carboxylic acids is 1.